The fourth-order valence-corrected chi connectivity index (χ4v) is 7.10. The van der Waals surface area contributed by atoms with Gasteiger partial charge < -0.3 is 4.42 Å². The summed E-state index contributed by atoms with van der Waals surface area (Å²) in [6.45, 7) is 0. The minimum atomic E-state index is 0.609. The van der Waals surface area contributed by atoms with Crippen LogP contribution in [-0.4, -0.2) is 15.0 Å². The van der Waals surface area contributed by atoms with Crippen LogP contribution >= 0.6 is 0 Å². The Kier molecular flexibility index (Phi) is 5.54. The van der Waals surface area contributed by atoms with Gasteiger partial charge in [0, 0.05) is 32.8 Å². The number of benzene rings is 8. The van der Waals surface area contributed by atoms with Gasteiger partial charge >= 0.3 is 0 Å². The van der Waals surface area contributed by atoms with Gasteiger partial charge in [-0.25, -0.2) is 15.0 Å². The molecule has 0 radical (unpaired) electrons. The minimum absolute atomic E-state index is 0.609. The van der Waals surface area contributed by atoms with E-state index in [4.69, 9.17) is 19.4 Å². The topological polar surface area (TPSA) is 51.8 Å². The zero-order chi connectivity index (χ0) is 30.9. The first-order chi connectivity index (χ1) is 23.3. The maximum Gasteiger partial charge on any atom is 0.164 e. The number of hydrogen-bond donors (Lipinski definition) is 0. The molecule has 0 aliphatic rings. The van der Waals surface area contributed by atoms with Gasteiger partial charge in [0.25, 0.3) is 0 Å². The molecule has 0 saturated heterocycles. The van der Waals surface area contributed by atoms with Crippen LogP contribution in [0.1, 0.15) is 0 Å². The lowest BCUT2D eigenvalue weighted by Gasteiger charge is -2.13. The molecular weight excluding hydrogens is 574 g/mol. The zero-order valence-electron chi connectivity index (χ0n) is 25.2. The van der Waals surface area contributed by atoms with Crippen molar-refractivity contribution in [3.63, 3.8) is 0 Å². The third-order valence-electron chi connectivity index (χ3n) is 9.29. The van der Waals surface area contributed by atoms with E-state index in [2.05, 4.69) is 121 Å². The Morgan fingerprint density at radius 2 is 0.936 bits per heavy atom. The first-order valence-electron chi connectivity index (χ1n) is 15.8. The Labute approximate surface area is 269 Å². The summed E-state index contributed by atoms with van der Waals surface area (Å²) in [5, 5.41) is 11.5. The maximum atomic E-state index is 6.26. The highest BCUT2D eigenvalue weighted by atomic mass is 16.3. The quantitative estimate of drug-likeness (QED) is 0.190. The molecule has 0 atom stereocenters. The van der Waals surface area contributed by atoms with Crippen LogP contribution in [-0.2, 0) is 0 Å². The van der Waals surface area contributed by atoms with Gasteiger partial charge in [-0.3, -0.25) is 0 Å². The van der Waals surface area contributed by atoms with E-state index in [0.29, 0.717) is 17.5 Å². The van der Waals surface area contributed by atoms with E-state index < -0.39 is 0 Å². The van der Waals surface area contributed by atoms with E-state index in [1.165, 1.54) is 26.9 Å². The first-order valence-corrected chi connectivity index (χ1v) is 15.8. The second kappa shape index (κ2) is 10.1. The van der Waals surface area contributed by atoms with Crippen molar-refractivity contribution in [3.8, 4) is 34.2 Å². The summed E-state index contributed by atoms with van der Waals surface area (Å²) < 4.78 is 6.26. The number of furan rings is 1. The Morgan fingerprint density at radius 3 is 1.81 bits per heavy atom. The second-order valence-corrected chi connectivity index (χ2v) is 12.0. The van der Waals surface area contributed by atoms with Crippen molar-refractivity contribution >= 4 is 65.0 Å². The summed E-state index contributed by atoms with van der Waals surface area (Å²) in [5.41, 5.74) is 4.47. The third kappa shape index (κ3) is 4.05. The Bertz CT molecular complexity index is 2870. The van der Waals surface area contributed by atoms with E-state index in [1.807, 2.05) is 30.3 Å². The van der Waals surface area contributed by atoms with Crippen LogP contribution in [0, 0.1) is 0 Å². The van der Waals surface area contributed by atoms with Crippen molar-refractivity contribution in [1.82, 2.24) is 15.0 Å². The predicted octanol–water partition coefficient (Wildman–Crippen LogP) is 11.4. The normalized spacial score (nSPS) is 11.8. The van der Waals surface area contributed by atoms with Crippen LogP contribution < -0.4 is 0 Å². The molecule has 4 nitrogen and oxygen atoms in total. The molecule has 0 bridgehead atoms. The highest BCUT2D eigenvalue weighted by Gasteiger charge is 2.19. The highest BCUT2D eigenvalue weighted by molar-refractivity contribution is 6.20. The van der Waals surface area contributed by atoms with Crippen molar-refractivity contribution in [3.05, 3.63) is 152 Å². The fraction of sp³-hybridized carbons (Fsp3) is 0. The van der Waals surface area contributed by atoms with Crippen LogP contribution in [0.4, 0.5) is 0 Å². The van der Waals surface area contributed by atoms with E-state index >= 15 is 0 Å². The summed E-state index contributed by atoms with van der Waals surface area (Å²) in [4.78, 5) is 15.6. The molecule has 2 heterocycles. The summed E-state index contributed by atoms with van der Waals surface area (Å²) in [7, 11) is 0. The monoisotopic (exact) mass is 599 g/mol. The first kappa shape index (κ1) is 25.9. The largest absolute Gasteiger partial charge is 0.456 e. The number of para-hydroxylation sites is 1. The van der Waals surface area contributed by atoms with Gasteiger partial charge in [-0.15, -0.1) is 0 Å². The molecule has 0 N–H and O–H groups in total. The highest BCUT2D eigenvalue weighted by Crippen LogP contribution is 2.39. The average molecular weight is 600 g/mol. The van der Waals surface area contributed by atoms with Crippen LogP contribution in [0.15, 0.2) is 156 Å². The molecule has 10 aromatic rings. The van der Waals surface area contributed by atoms with Gasteiger partial charge in [0.05, 0.1) is 0 Å². The lowest BCUT2D eigenvalue weighted by atomic mass is 9.94. The Hall–Kier alpha value is -6.39. The van der Waals surface area contributed by atoms with Gasteiger partial charge in [0.15, 0.2) is 17.5 Å². The molecule has 0 spiro atoms. The number of fused-ring (bicyclic) bond motifs is 9. The second-order valence-electron chi connectivity index (χ2n) is 12.0. The minimum Gasteiger partial charge on any atom is -0.456 e. The van der Waals surface area contributed by atoms with Crippen LogP contribution in [0.3, 0.4) is 0 Å². The van der Waals surface area contributed by atoms with Gasteiger partial charge in [-0.1, -0.05) is 133 Å². The average Bonchev–Trinajstić information content (AvgIpc) is 3.53. The fourth-order valence-electron chi connectivity index (χ4n) is 7.10. The van der Waals surface area contributed by atoms with Crippen molar-refractivity contribution < 1.29 is 4.42 Å². The van der Waals surface area contributed by atoms with Crippen LogP contribution in [0.2, 0.25) is 0 Å². The molecule has 218 valence electrons. The lowest BCUT2D eigenvalue weighted by Crippen LogP contribution is -2.01. The summed E-state index contributed by atoms with van der Waals surface area (Å²) >= 11 is 0. The third-order valence-corrected chi connectivity index (χ3v) is 9.29. The number of nitrogens with zero attached hydrogens (tertiary/aromatic N) is 3. The van der Waals surface area contributed by atoms with Gasteiger partial charge in [0.1, 0.15) is 11.2 Å². The Morgan fingerprint density at radius 1 is 0.340 bits per heavy atom. The van der Waals surface area contributed by atoms with Crippen molar-refractivity contribution in [1.29, 1.82) is 0 Å². The lowest BCUT2D eigenvalue weighted by molar-refractivity contribution is 0.669. The molecule has 0 amide bonds. The van der Waals surface area contributed by atoms with Gasteiger partial charge in [0.2, 0.25) is 0 Å². The molecule has 0 unspecified atom stereocenters. The summed E-state index contributed by atoms with van der Waals surface area (Å²) in [5.74, 6) is 1.87. The van der Waals surface area contributed by atoms with Crippen molar-refractivity contribution in [2.45, 2.75) is 0 Å². The van der Waals surface area contributed by atoms with Gasteiger partial charge in [-0.05, 0) is 55.9 Å². The predicted molar refractivity (Wildman–Crippen MR) is 193 cm³/mol. The molecule has 2 aromatic heterocycles. The van der Waals surface area contributed by atoms with E-state index in [1.54, 1.807) is 0 Å². The van der Waals surface area contributed by atoms with Crippen molar-refractivity contribution in [2.24, 2.45) is 0 Å². The van der Waals surface area contributed by atoms with Crippen molar-refractivity contribution in [2.75, 3.05) is 0 Å². The van der Waals surface area contributed by atoms with Crippen LogP contribution in [0.25, 0.3) is 99.2 Å². The molecule has 47 heavy (non-hydrogen) atoms. The molecule has 0 saturated carbocycles. The molecule has 10 rings (SSSR count). The van der Waals surface area contributed by atoms with E-state index in [-0.39, 0.29) is 0 Å². The molecule has 4 heteroatoms. The molecular formula is C43H25N3O. The maximum absolute atomic E-state index is 6.26. The Balaban J connectivity index is 1.29. The number of hydrogen-bond acceptors (Lipinski definition) is 4. The smallest absolute Gasteiger partial charge is 0.164 e. The summed E-state index contributed by atoms with van der Waals surface area (Å²) in [6.07, 6.45) is 0. The van der Waals surface area contributed by atoms with Gasteiger partial charge in [-0.2, -0.15) is 0 Å². The molecule has 0 fully saturated rings. The summed E-state index contributed by atoms with van der Waals surface area (Å²) in [6, 6.07) is 52.8. The zero-order valence-corrected chi connectivity index (χ0v) is 25.2. The SMILES string of the molecule is c1ccc2cc(-c3nc(-c4cccc5ccc6c7ccccc7ccc6c45)nc(-c4cccc5oc6ccccc6c45)n3)ccc2c1. The molecule has 8 aromatic carbocycles. The van der Waals surface area contributed by atoms with E-state index in [0.717, 1.165) is 54.8 Å². The molecule has 0 aliphatic carbocycles. The molecule has 0 aliphatic heterocycles. The number of rotatable bonds is 3. The number of aromatic nitrogens is 3. The van der Waals surface area contributed by atoms with E-state index in [9.17, 15) is 0 Å². The van der Waals surface area contributed by atoms with Crippen LogP contribution in [0.5, 0.6) is 0 Å². The standard InChI is InChI=1S/C43H25N3O/c1-2-11-29-25-30(20-19-26(29)9-1)41-44-42(46-43(45-41)36-16-8-18-38-40(36)34-14-5-6-17-37(34)47-38)35-15-7-12-28-22-23-32-31-13-4-3-10-27(31)21-24-33(32)39(28)35/h1-25H.